The first-order valence-corrected chi connectivity index (χ1v) is 13.9. The lowest BCUT2D eigenvalue weighted by Gasteiger charge is -2.35. The summed E-state index contributed by atoms with van der Waals surface area (Å²) in [5.41, 5.74) is -2.73. The molecule has 3 fully saturated rings. The van der Waals surface area contributed by atoms with Gasteiger partial charge in [-0.05, 0) is 74.8 Å². The van der Waals surface area contributed by atoms with Crippen LogP contribution in [0.4, 0.5) is 13.2 Å². The number of hydrogen-bond acceptors (Lipinski definition) is 5. The standard InChI is InChI=1S/C28H32ClF3N4O4/c1-26(2)18-11-16(12-19(18)26)35(14-21(37)22-20(29)5-4-10-33-22)24(38)17-13-34-36(23(17)28(30,31)32)15-6-8-27(3,9-7-15)25(39)40/h4-5,10,13,15-16,18-19H,6-9,11-12,14H2,1-3H3,(H,39,40)/t15?,16?,18-,19+,27?. The Morgan fingerprint density at radius 3 is 2.33 bits per heavy atom. The lowest BCUT2D eigenvalue weighted by Crippen LogP contribution is -2.44. The number of halogens is 4. The van der Waals surface area contributed by atoms with Gasteiger partial charge in [0.1, 0.15) is 5.69 Å². The summed E-state index contributed by atoms with van der Waals surface area (Å²) in [6.07, 6.45) is -0.624. The second-order valence-corrected chi connectivity index (χ2v) is 12.7. The summed E-state index contributed by atoms with van der Waals surface area (Å²) in [4.78, 5) is 44.0. The highest BCUT2D eigenvalue weighted by Gasteiger charge is 2.63. The molecule has 5 rings (SSSR count). The van der Waals surface area contributed by atoms with Crippen LogP contribution < -0.4 is 0 Å². The first-order chi connectivity index (χ1) is 18.6. The second-order valence-electron chi connectivity index (χ2n) is 12.3. The Morgan fingerprint density at radius 2 is 1.77 bits per heavy atom. The number of ketones is 1. The largest absolute Gasteiger partial charge is 0.481 e. The molecule has 3 atom stereocenters. The minimum Gasteiger partial charge on any atom is -0.481 e. The zero-order valence-electron chi connectivity index (χ0n) is 22.5. The monoisotopic (exact) mass is 580 g/mol. The maximum atomic E-state index is 14.5. The Balaban J connectivity index is 1.46. The van der Waals surface area contributed by atoms with Gasteiger partial charge >= 0.3 is 12.1 Å². The van der Waals surface area contributed by atoms with Gasteiger partial charge in [-0.25, -0.2) is 0 Å². The highest BCUT2D eigenvalue weighted by Crippen LogP contribution is 2.67. The van der Waals surface area contributed by atoms with Crippen molar-refractivity contribution in [2.45, 2.75) is 77.6 Å². The zero-order chi connectivity index (χ0) is 29.2. The van der Waals surface area contributed by atoms with Gasteiger partial charge in [-0.1, -0.05) is 25.4 Å². The third-order valence-corrected chi connectivity index (χ3v) is 9.90. The SMILES string of the molecule is CC1(C(=O)O)CCC(n2ncc(C(=O)N(CC(=O)c3ncccc3Cl)C3C[C@@H]4[C@H](C3)C4(C)C)c2C(F)(F)F)CC1. The molecular formula is C28H32ClF3N4O4. The van der Waals surface area contributed by atoms with Gasteiger partial charge in [-0.2, -0.15) is 18.3 Å². The predicted molar refractivity (Wildman–Crippen MR) is 139 cm³/mol. The smallest absolute Gasteiger partial charge is 0.433 e. The van der Waals surface area contributed by atoms with E-state index in [1.165, 1.54) is 17.2 Å². The Morgan fingerprint density at radius 1 is 1.15 bits per heavy atom. The number of amides is 1. The van der Waals surface area contributed by atoms with Crippen molar-refractivity contribution in [3.05, 3.63) is 46.5 Å². The van der Waals surface area contributed by atoms with Gasteiger partial charge in [-0.15, -0.1) is 0 Å². The third kappa shape index (κ3) is 4.90. The molecule has 1 N–H and O–H groups in total. The van der Waals surface area contributed by atoms with E-state index < -0.39 is 59.1 Å². The predicted octanol–water partition coefficient (Wildman–Crippen LogP) is 5.92. The van der Waals surface area contributed by atoms with Crippen molar-refractivity contribution in [3.63, 3.8) is 0 Å². The molecule has 1 unspecified atom stereocenters. The lowest BCUT2D eigenvalue weighted by molar-refractivity contribution is -0.152. The number of aromatic nitrogens is 3. The maximum absolute atomic E-state index is 14.5. The van der Waals surface area contributed by atoms with Gasteiger partial charge in [-0.3, -0.25) is 24.0 Å². The van der Waals surface area contributed by atoms with Gasteiger partial charge in [0, 0.05) is 12.2 Å². The van der Waals surface area contributed by atoms with Gasteiger partial charge in [0.2, 0.25) is 5.78 Å². The molecule has 0 aliphatic heterocycles. The van der Waals surface area contributed by atoms with E-state index in [0.29, 0.717) is 24.7 Å². The van der Waals surface area contributed by atoms with E-state index in [1.807, 2.05) is 0 Å². The van der Waals surface area contributed by atoms with E-state index in [2.05, 4.69) is 23.9 Å². The topological polar surface area (TPSA) is 105 Å². The molecule has 216 valence electrons. The number of carbonyl (C=O) groups is 3. The number of alkyl halides is 3. The molecule has 0 bridgehead atoms. The first kappa shape index (κ1) is 28.6. The van der Waals surface area contributed by atoms with Crippen LogP contribution in [0, 0.1) is 22.7 Å². The van der Waals surface area contributed by atoms with Crippen LogP contribution in [-0.2, 0) is 11.0 Å². The Hall–Kier alpha value is -2.95. The minimum absolute atomic E-state index is 0.0409. The molecule has 12 heteroatoms. The molecule has 40 heavy (non-hydrogen) atoms. The number of carboxylic acids is 1. The number of aliphatic carboxylic acids is 1. The molecule has 0 saturated heterocycles. The van der Waals surface area contributed by atoms with E-state index in [1.54, 1.807) is 13.0 Å². The normalized spacial score (nSPS) is 29.1. The number of fused-ring (bicyclic) bond motifs is 1. The van der Waals surface area contributed by atoms with E-state index in [-0.39, 0.29) is 41.8 Å². The maximum Gasteiger partial charge on any atom is 0.433 e. The number of nitrogens with zero attached hydrogens (tertiary/aromatic N) is 4. The quantitative estimate of drug-likeness (QED) is 0.408. The fourth-order valence-electron chi connectivity index (χ4n) is 6.85. The molecular weight excluding hydrogens is 549 g/mol. The molecule has 0 spiro atoms. The number of pyridine rings is 1. The number of carbonyl (C=O) groups excluding carboxylic acids is 2. The van der Waals surface area contributed by atoms with Crippen molar-refractivity contribution in [1.82, 2.24) is 19.7 Å². The molecule has 3 aliphatic carbocycles. The summed E-state index contributed by atoms with van der Waals surface area (Å²) >= 11 is 6.15. The average molecular weight is 581 g/mol. The van der Waals surface area contributed by atoms with E-state index in [0.717, 1.165) is 10.9 Å². The van der Waals surface area contributed by atoms with E-state index in [4.69, 9.17) is 11.6 Å². The third-order valence-electron chi connectivity index (χ3n) is 9.59. The molecule has 2 aromatic heterocycles. The van der Waals surface area contributed by atoms with Gasteiger partial charge < -0.3 is 10.0 Å². The van der Waals surface area contributed by atoms with E-state index in [9.17, 15) is 32.7 Å². The van der Waals surface area contributed by atoms with Crippen LogP contribution in [0.5, 0.6) is 0 Å². The van der Waals surface area contributed by atoms with Crippen molar-refractivity contribution in [2.75, 3.05) is 6.54 Å². The second kappa shape index (κ2) is 9.85. The van der Waals surface area contributed by atoms with Gasteiger partial charge in [0.15, 0.2) is 5.69 Å². The zero-order valence-corrected chi connectivity index (χ0v) is 23.3. The Bertz CT molecular complexity index is 1340. The van der Waals surface area contributed by atoms with Crippen molar-refractivity contribution in [2.24, 2.45) is 22.7 Å². The van der Waals surface area contributed by atoms with Crippen molar-refractivity contribution in [1.29, 1.82) is 0 Å². The van der Waals surface area contributed by atoms with Crippen LogP contribution in [-0.4, -0.2) is 55.0 Å². The highest BCUT2D eigenvalue weighted by atomic mass is 35.5. The van der Waals surface area contributed by atoms with Gasteiger partial charge in [0.25, 0.3) is 5.91 Å². The number of hydrogen-bond donors (Lipinski definition) is 1. The number of rotatable bonds is 7. The Kier molecular flexibility index (Phi) is 7.04. The summed E-state index contributed by atoms with van der Waals surface area (Å²) in [6, 6.07) is 1.94. The molecule has 0 radical (unpaired) electrons. The number of carboxylic acid groups (broad SMARTS) is 1. The fourth-order valence-corrected chi connectivity index (χ4v) is 7.08. The molecule has 3 saturated carbocycles. The molecule has 2 heterocycles. The van der Waals surface area contributed by atoms with Crippen LogP contribution >= 0.6 is 11.6 Å². The molecule has 2 aromatic rings. The van der Waals surface area contributed by atoms with Crippen LogP contribution in [0.25, 0.3) is 0 Å². The van der Waals surface area contributed by atoms with Crippen LogP contribution in [0.15, 0.2) is 24.5 Å². The lowest BCUT2D eigenvalue weighted by atomic mass is 9.74. The molecule has 1 amide bonds. The number of Topliss-reactive ketones (excluding diaryl/α,β-unsaturated/α-hetero) is 1. The summed E-state index contributed by atoms with van der Waals surface area (Å²) in [5, 5.41) is 13.6. The average Bonchev–Trinajstić information content (AvgIpc) is 3.31. The van der Waals surface area contributed by atoms with Crippen LogP contribution in [0.1, 0.15) is 91.9 Å². The summed E-state index contributed by atoms with van der Waals surface area (Å²) in [7, 11) is 0. The van der Waals surface area contributed by atoms with Crippen LogP contribution in [0.3, 0.4) is 0 Å². The summed E-state index contributed by atoms with van der Waals surface area (Å²) in [6.45, 7) is 5.40. The summed E-state index contributed by atoms with van der Waals surface area (Å²) in [5.74, 6) is -1.78. The highest BCUT2D eigenvalue weighted by molar-refractivity contribution is 6.33. The Labute approximate surface area is 234 Å². The fraction of sp³-hybridized carbons (Fsp3) is 0.607. The first-order valence-electron chi connectivity index (χ1n) is 13.5. The molecule has 3 aliphatic rings. The minimum atomic E-state index is -4.89. The van der Waals surface area contributed by atoms with Gasteiger partial charge in [0.05, 0.1) is 34.8 Å². The van der Waals surface area contributed by atoms with Crippen molar-refractivity contribution in [3.8, 4) is 0 Å². The molecule has 8 nitrogen and oxygen atoms in total. The van der Waals surface area contributed by atoms with Crippen LogP contribution in [0.2, 0.25) is 5.02 Å². The summed E-state index contributed by atoms with van der Waals surface area (Å²) < 4.78 is 44.4. The molecule has 0 aromatic carbocycles. The van der Waals surface area contributed by atoms with E-state index >= 15 is 0 Å². The van der Waals surface area contributed by atoms with Crippen molar-refractivity contribution >= 4 is 29.3 Å². The van der Waals surface area contributed by atoms with Crippen molar-refractivity contribution < 1.29 is 32.7 Å².